The maximum atomic E-state index is 5.57. The summed E-state index contributed by atoms with van der Waals surface area (Å²) in [6, 6.07) is 10.8. The second-order valence-corrected chi connectivity index (χ2v) is 5.13. The van der Waals surface area contributed by atoms with Crippen LogP contribution in [-0.4, -0.2) is 36.5 Å². The fourth-order valence-corrected chi connectivity index (χ4v) is 2.29. The molecule has 0 amide bonds. The van der Waals surface area contributed by atoms with Gasteiger partial charge in [0, 0.05) is 25.9 Å². The Morgan fingerprint density at radius 2 is 2.10 bits per heavy atom. The molecule has 2 rings (SSSR count). The number of ether oxygens (including phenoxy) is 1. The Balaban J connectivity index is 1.87. The molecule has 5 nitrogen and oxygen atoms in total. The Hall–Kier alpha value is -1.69. The molecule has 5 heteroatoms. The Labute approximate surface area is 125 Å². The van der Waals surface area contributed by atoms with E-state index in [2.05, 4.69) is 39.8 Å². The van der Waals surface area contributed by atoms with E-state index < -0.39 is 0 Å². The van der Waals surface area contributed by atoms with Crippen molar-refractivity contribution in [1.82, 2.24) is 15.5 Å². The monoisotopic (exact) mass is 288 g/mol. The Bertz CT molecular complexity index is 496. The summed E-state index contributed by atoms with van der Waals surface area (Å²) in [6.07, 6.45) is 3.81. The summed E-state index contributed by atoms with van der Waals surface area (Å²) in [5.41, 5.74) is 9.01. The van der Waals surface area contributed by atoms with E-state index in [0.717, 1.165) is 37.2 Å². The van der Waals surface area contributed by atoms with Crippen molar-refractivity contribution >= 4 is 0 Å². The average molecular weight is 288 g/mol. The smallest absolute Gasteiger partial charge is 0.0650 e. The van der Waals surface area contributed by atoms with Gasteiger partial charge in [-0.2, -0.15) is 5.10 Å². The highest BCUT2D eigenvalue weighted by molar-refractivity contribution is 5.58. The second-order valence-electron chi connectivity index (χ2n) is 5.13. The largest absolute Gasteiger partial charge is 0.383 e. The van der Waals surface area contributed by atoms with Crippen LogP contribution in [0, 0.1) is 0 Å². The highest BCUT2D eigenvalue weighted by Gasteiger charge is 2.07. The van der Waals surface area contributed by atoms with Crippen LogP contribution in [0.5, 0.6) is 0 Å². The van der Waals surface area contributed by atoms with Crippen molar-refractivity contribution in [3.8, 4) is 11.3 Å². The number of hydrogen-bond donors (Lipinski definition) is 3. The number of rotatable bonds is 9. The summed E-state index contributed by atoms with van der Waals surface area (Å²) >= 11 is 0. The fraction of sp³-hybridized carbons (Fsp3) is 0.438. The van der Waals surface area contributed by atoms with Crippen LogP contribution >= 0.6 is 0 Å². The van der Waals surface area contributed by atoms with E-state index >= 15 is 0 Å². The minimum absolute atomic E-state index is 0.353. The van der Waals surface area contributed by atoms with Gasteiger partial charge in [-0.1, -0.05) is 24.3 Å². The number of H-pyrrole nitrogens is 1. The van der Waals surface area contributed by atoms with Gasteiger partial charge in [-0.3, -0.25) is 5.10 Å². The van der Waals surface area contributed by atoms with Crippen LogP contribution in [-0.2, 0) is 11.3 Å². The average Bonchev–Trinajstić information content (AvgIpc) is 3.05. The van der Waals surface area contributed by atoms with Crippen LogP contribution < -0.4 is 11.1 Å². The van der Waals surface area contributed by atoms with E-state index in [1.165, 1.54) is 5.56 Å². The molecule has 0 bridgehead atoms. The van der Waals surface area contributed by atoms with Crippen LogP contribution in [0.15, 0.2) is 36.5 Å². The molecule has 1 unspecified atom stereocenters. The molecule has 0 saturated carbocycles. The molecule has 0 saturated heterocycles. The molecule has 4 N–H and O–H groups in total. The van der Waals surface area contributed by atoms with Gasteiger partial charge in [0.25, 0.3) is 0 Å². The van der Waals surface area contributed by atoms with E-state index in [1.54, 1.807) is 13.3 Å². The molecule has 1 aromatic carbocycles. The van der Waals surface area contributed by atoms with Crippen molar-refractivity contribution in [3.63, 3.8) is 0 Å². The van der Waals surface area contributed by atoms with E-state index in [0.29, 0.717) is 12.6 Å². The standard InChI is InChI=1S/C16H24N4O/c1-21-12-15(3-2-9-17)18-11-13-4-6-14(7-5-13)16-8-10-19-20-16/h4-8,10,15,18H,2-3,9,11-12,17H2,1H3,(H,19,20). The maximum absolute atomic E-state index is 5.57. The van der Waals surface area contributed by atoms with Crippen molar-refractivity contribution < 1.29 is 4.74 Å². The van der Waals surface area contributed by atoms with Crippen molar-refractivity contribution in [1.29, 1.82) is 0 Å². The number of benzene rings is 1. The van der Waals surface area contributed by atoms with E-state index in [1.807, 2.05) is 6.07 Å². The Morgan fingerprint density at radius 3 is 2.71 bits per heavy atom. The predicted octanol–water partition coefficient (Wildman–Crippen LogP) is 1.92. The topological polar surface area (TPSA) is 76.0 Å². The van der Waals surface area contributed by atoms with E-state index in [4.69, 9.17) is 10.5 Å². The van der Waals surface area contributed by atoms with Gasteiger partial charge in [0.2, 0.25) is 0 Å². The van der Waals surface area contributed by atoms with Gasteiger partial charge in [-0.15, -0.1) is 0 Å². The summed E-state index contributed by atoms with van der Waals surface area (Å²) in [4.78, 5) is 0. The number of aromatic nitrogens is 2. The van der Waals surface area contributed by atoms with Gasteiger partial charge in [-0.05, 0) is 36.6 Å². The second kappa shape index (κ2) is 8.56. The highest BCUT2D eigenvalue weighted by atomic mass is 16.5. The Kier molecular flexibility index (Phi) is 6.40. The molecular weight excluding hydrogens is 264 g/mol. The Morgan fingerprint density at radius 1 is 1.29 bits per heavy atom. The van der Waals surface area contributed by atoms with Gasteiger partial charge in [-0.25, -0.2) is 0 Å². The first-order chi connectivity index (χ1) is 10.3. The molecule has 2 aromatic rings. The molecule has 0 aliphatic rings. The third-order valence-electron chi connectivity index (χ3n) is 3.49. The summed E-state index contributed by atoms with van der Waals surface area (Å²) in [5, 5.41) is 10.5. The maximum Gasteiger partial charge on any atom is 0.0650 e. The number of hydrogen-bond acceptors (Lipinski definition) is 4. The third-order valence-corrected chi connectivity index (χ3v) is 3.49. The predicted molar refractivity (Wildman–Crippen MR) is 84.8 cm³/mol. The molecule has 0 fully saturated rings. The molecule has 1 heterocycles. The molecular formula is C16H24N4O. The SMILES string of the molecule is COCC(CCCN)NCc1ccc(-c2ccn[nH]2)cc1. The van der Waals surface area contributed by atoms with Crippen LogP contribution in [0.3, 0.4) is 0 Å². The lowest BCUT2D eigenvalue weighted by molar-refractivity contribution is 0.161. The molecule has 0 aliphatic carbocycles. The quantitative estimate of drug-likeness (QED) is 0.659. The van der Waals surface area contributed by atoms with Crippen molar-refractivity contribution in [3.05, 3.63) is 42.1 Å². The van der Waals surface area contributed by atoms with Gasteiger partial charge in [0.05, 0.1) is 12.3 Å². The number of methoxy groups -OCH3 is 1. The van der Waals surface area contributed by atoms with Gasteiger partial charge in [0.1, 0.15) is 0 Å². The first-order valence-electron chi connectivity index (χ1n) is 7.34. The van der Waals surface area contributed by atoms with Crippen molar-refractivity contribution in [2.75, 3.05) is 20.3 Å². The summed E-state index contributed by atoms with van der Waals surface area (Å²) in [7, 11) is 1.73. The third kappa shape index (κ3) is 4.97. The zero-order chi connectivity index (χ0) is 14.9. The van der Waals surface area contributed by atoms with E-state index in [9.17, 15) is 0 Å². The molecule has 114 valence electrons. The van der Waals surface area contributed by atoms with Crippen LogP contribution in [0.2, 0.25) is 0 Å². The summed E-state index contributed by atoms with van der Waals surface area (Å²) < 4.78 is 5.24. The van der Waals surface area contributed by atoms with Gasteiger partial charge >= 0.3 is 0 Å². The first kappa shape index (κ1) is 15.7. The zero-order valence-corrected chi connectivity index (χ0v) is 12.5. The van der Waals surface area contributed by atoms with Crippen LogP contribution in [0.1, 0.15) is 18.4 Å². The molecule has 0 radical (unpaired) electrons. The van der Waals surface area contributed by atoms with Crippen molar-refractivity contribution in [2.24, 2.45) is 5.73 Å². The zero-order valence-electron chi connectivity index (χ0n) is 12.5. The number of nitrogens with zero attached hydrogens (tertiary/aromatic N) is 1. The van der Waals surface area contributed by atoms with E-state index in [-0.39, 0.29) is 0 Å². The number of nitrogens with one attached hydrogen (secondary N) is 2. The number of aromatic amines is 1. The molecule has 0 aliphatic heterocycles. The lowest BCUT2D eigenvalue weighted by Gasteiger charge is -2.17. The lowest BCUT2D eigenvalue weighted by Crippen LogP contribution is -2.33. The molecule has 1 atom stereocenters. The minimum Gasteiger partial charge on any atom is -0.383 e. The molecule has 0 spiro atoms. The molecule has 21 heavy (non-hydrogen) atoms. The summed E-state index contributed by atoms with van der Waals surface area (Å²) in [6.45, 7) is 2.27. The number of nitrogens with two attached hydrogens (primary N) is 1. The highest BCUT2D eigenvalue weighted by Crippen LogP contribution is 2.16. The first-order valence-corrected chi connectivity index (χ1v) is 7.34. The lowest BCUT2D eigenvalue weighted by atomic mass is 10.1. The van der Waals surface area contributed by atoms with Gasteiger partial charge < -0.3 is 15.8 Å². The van der Waals surface area contributed by atoms with Gasteiger partial charge in [0.15, 0.2) is 0 Å². The minimum atomic E-state index is 0.353. The van der Waals surface area contributed by atoms with Crippen LogP contribution in [0.25, 0.3) is 11.3 Å². The van der Waals surface area contributed by atoms with Crippen LogP contribution in [0.4, 0.5) is 0 Å². The molecule has 1 aromatic heterocycles. The summed E-state index contributed by atoms with van der Waals surface area (Å²) in [5.74, 6) is 0. The fourth-order valence-electron chi connectivity index (χ4n) is 2.29. The normalized spacial score (nSPS) is 12.5. The van der Waals surface area contributed by atoms with Crippen molar-refractivity contribution in [2.45, 2.75) is 25.4 Å².